The Morgan fingerprint density at radius 2 is 1.50 bits per heavy atom. The Hall–Kier alpha value is -0.920. The Balaban J connectivity index is 0. The van der Waals surface area contributed by atoms with E-state index in [0.29, 0.717) is 5.92 Å². The molecule has 0 unspecified atom stereocenters. The van der Waals surface area contributed by atoms with Gasteiger partial charge < -0.3 is 0 Å². The van der Waals surface area contributed by atoms with Crippen molar-refractivity contribution in [2.24, 2.45) is 0 Å². The first-order valence-electron chi connectivity index (χ1n) is 5.48. The van der Waals surface area contributed by atoms with Crippen molar-refractivity contribution in [1.29, 1.82) is 0 Å². The van der Waals surface area contributed by atoms with Crippen molar-refractivity contribution in [3.63, 3.8) is 0 Å². The molecule has 0 radical (unpaired) electrons. The van der Waals surface area contributed by atoms with E-state index in [1.807, 2.05) is 40.8 Å². The van der Waals surface area contributed by atoms with Crippen molar-refractivity contribution in [2.75, 3.05) is 0 Å². The molecule has 1 rings (SSSR count). The first kappa shape index (κ1) is 15.5. The zero-order valence-electron chi connectivity index (χ0n) is 10.6. The molecule has 1 aromatic heterocycles. The van der Waals surface area contributed by atoms with E-state index in [1.54, 1.807) is 6.20 Å². The predicted molar refractivity (Wildman–Crippen MR) is 63.6 cm³/mol. The lowest BCUT2D eigenvalue weighted by Gasteiger charge is -2.02. The maximum atomic E-state index is 4.31. The van der Waals surface area contributed by atoms with Gasteiger partial charge >= 0.3 is 0 Å². The second-order valence-electron chi connectivity index (χ2n) is 2.74. The molecule has 0 amide bonds. The molecule has 0 bridgehead atoms. The number of hydrogen-bond donors (Lipinski definition) is 0. The van der Waals surface area contributed by atoms with E-state index in [0.717, 1.165) is 11.4 Å². The second kappa shape index (κ2) is 10.2. The van der Waals surface area contributed by atoms with Crippen LogP contribution in [0.1, 0.15) is 58.8 Å². The molecule has 0 aromatic carbocycles. The zero-order chi connectivity index (χ0) is 11.6. The molecule has 0 aliphatic heterocycles. The van der Waals surface area contributed by atoms with Crippen LogP contribution in [0.5, 0.6) is 0 Å². The van der Waals surface area contributed by atoms with Gasteiger partial charge in [0.15, 0.2) is 0 Å². The molecule has 82 valence electrons. The molecule has 0 aliphatic carbocycles. The van der Waals surface area contributed by atoms with Crippen molar-refractivity contribution in [2.45, 2.75) is 54.4 Å². The van der Waals surface area contributed by atoms with Crippen LogP contribution >= 0.6 is 0 Å². The van der Waals surface area contributed by atoms with Crippen LogP contribution in [0, 0.1) is 6.92 Å². The number of hydrogen-bond acceptors (Lipinski definition) is 2. The predicted octanol–water partition coefficient (Wildman–Crippen LogP) is 3.96. The van der Waals surface area contributed by atoms with Gasteiger partial charge in [0.2, 0.25) is 0 Å². The topological polar surface area (TPSA) is 25.8 Å². The fraction of sp³-hybridized carbons (Fsp3) is 0.667. The molecule has 0 atom stereocenters. The minimum Gasteiger partial charge on any atom is -0.261 e. The Bertz CT molecular complexity index is 219. The molecule has 0 aliphatic rings. The largest absolute Gasteiger partial charge is 0.261 e. The van der Waals surface area contributed by atoms with Gasteiger partial charge in [-0.3, -0.25) is 9.97 Å². The lowest BCUT2D eigenvalue weighted by Crippen LogP contribution is -1.94. The lowest BCUT2D eigenvalue weighted by molar-refractivity contribution is 0.803. The van der Waals surface area contributed by atoms with Crippen molar-refractivity contribution < 1.29 is 0 Å². The van der Waals surface area contributed by atoms with E-state index in [9.17, 15) is 0 Å². The molecule has 0 saturated heterocycles. The smallest absolute Gasteiger partial charge is 0.0615 e. The van der Waals surface area contributed by atoms with E-state index < -0.39 is 0 Å². The third-order valence-corrected chi connectivity index (χ3v) is 1.37. The summed E-state index contributed by atoms with van der Waals surface area (Å²) >= 11 is 0. The summed E-state index contributed by atoms with van der Waals surface area (Å²) in [6.07, 6.45) is 3.59. The number of aromatic nitrogens is 2. The van der Waals surface area contributed by atoms with Crippen molar-refractivity contribution in [3.05, 3.63) is 23.8 Å². The summed E-state index contributed by atoms with van der Waals surface area (Å²) in [4.78, 5) is 8.35. The van der Waals surface area contributed by atoms with Crippen LogP contribution in [0.25, 0.3) is 0 Å². The maximum Gasteiger partial charge on any atom is 0.0615 e. The zero-order valence-corrected chi connectivity index (χ0v) is 10.6. The third-order valence-electron chi connectivity index (χ3n) is 1.37. The quantitative estimate of drug-likeness (QED) is 0.679. The van der Waals surface area contributed by atoms with Gasteiger partial charge in [-0.15, -0.1) is 0 Å². The van der Waals surface area contributed by atoms with Crippen LogP contribution in [-0.2, 0) is 0 Å². The summed E-state index contributed by atoms with van der Waals surface area (Å²) in [5.74, 6) is 0.479. The van der Waals surface area contributed by atoms with Crippen LogP contribution in [-0.4, -0.2) is 9.97 Å². The SMILES string of the molecule is CC.CC.Cc1cncc(C(C)C)n1. The highest BCUT2D eigenvalue weighted by molar-refractivity contribution is 5.04. The van der Waals surface area contributed by atoms with E-state index in [4.69, 9.17) is 0 Å². The highest BCUT2D eigenvalue weighted by Gasteiger charge is 1.99. The number of aryl methyl sites for hydroxylation is 1. The minimum atomic E-state index is 0.479. The molecule has 1 heterocycles. The van der Waals surface area contributed by atoms with E-state index in [-0.39, 0.29) is 0 Å². The van der Waals surface area contributed by atoms with Gasteiger partial charge in [0.1, 0.15) is 0 Å². The van der Waals surface area contributed by atoms with Gasteiger partial charge in [0, 0.05) is 12.4 Å². The van der Waals surface area contributed by atoms with Gasteiger partial charge in [-0.1, -0.05) is 41.5 Å². The monoisotopic (exact) mass is 196 g/mol. The summed E-state index contributed by atoms with van der Waals surface area (Å²) < 4.78 is 0. The summed E-state index contributed by atoms with van der Waals surface area (Å²) in [6, 6.07) is 0. The van der Waals surface area contributed by atoms with Gasteiger partial charge in [-0.05, 0) is 12.8 Å². The van der Waals surface area contributed by atoms with Crippen LogP contribution < -0.4 is 0 Å². The first-order valence-corrected chi connectivity index (χ1v) is 5.48. The highest BCUT2D eigenvalue weighted by Crippen LogP contribution is 2.08. The van der Waals surface area contributed by atoms with E-state index >= 15 is 0 Å². The Labute approximate surface area is 88.8 Å². The molecule has 1 aromatic rings. The molecule has 14 heavy (non-hydrogen) atoms. The van der Waals surface area contributed by atoms with Crippen LogP contribution in [0.3, 0.4) is 0 Å². The van der Waals surface area contributed by atoms with Gasteiger partial charge in [-0.25, -0.2) is 0 Å². The van der Waals surface area contributed by atoms with Crippen molar-refractivity contribution >= 4 is 0 Å². The van der Waals surface area contributed by atoms with Gasteiger partial charge in [0.05, 0.1) is 11.4 Å². The van der Waals surface area contributed by atoms with Crippen LogP contribution in [0.4, 0.5) is 0 Å². The third kappa shape index (κ3) is 6.58. The number of rotatable bonds is 1. The molecule has 0 saturated carbocycles. The summed E-state index contributed by atoms with van der Waals surface area (Å²) in [5.41, 5.74) is 2.06. The first-order chi connectivity index (χ1) is 6.70. The van der Waals surface area contributed by atoms with Crippen LogP contribution in [0.2, 0.25) is 0 Å². The second-order valence-corrected chi connectivity index (χ2v) is 2.74. The highest BCUT2D eigenvalue weighted by atomic mass is 14.8. The van der Waals surface area contributed by atoms with E-state index in [1.165, 1.54) is 0 Å². The fourth-order valence-corrected chi connectivity index (χ4v) is 0.761. The van der Waals surface area contributed by atoms with Crippen molar-refractivity contribution in [3.8, 4) is 0 Å². The molecular weight excluding hydrogens is 172 g/mol. The van der Waals surface area contributed by atoms with Crippen LogP contribution in [0.15, 0.2) is 12.4 Å². The Kier molecular flexibility index (Phi) is 11.3. The maximum absolute atomic E-state index is 4.31. The Morgan fingerprint density at radius 1 is 1.00 bits per heavy atom. The fourth-order valence-electron chi connectivity index (χ4n) is 0.761. The average Bonchev–Trinajstić information content (AvgIpc) is 2.24. The van der Waals surface area contributed by atoms with Crippen molar-refractivity contribution in [1.82, 2.24) is 9.97 Å². The molecule has 2 nitrogen and oxygen atoms in total. The summed E-state index contributed by atoms with van der Waals surface area (Å²) in [5, 5.41) is 0. The molecule has 0 N–H and O–H groups in total. The van der Waals surface area contributed by atoms with E-state index in [2.05, 4.69) is 23.8 Å². The minimum absolute atomic E-state index is 0.479. The van der Waals surface area contributed by atoms with Gasteiger partial charge in [0.25, 0.3) is 0 Å². The Morgan fingerprint density at radius 3 is 1.79 bits per heavy atom. The summed E-state index contributed by atoms with van der Waals surface area (Å²) in [6.45, 7) is 14.2. The average molecular weight is 196 g/mol. The molecule has 0 fully saturated rings. The number of nitrogens with zero attached hydrogens (tertiary/aromatic N) is 2. The molecule has 0 spiro atoms. The summed E-state index contributed by atoms with van der Waals surface area (Å²) in [7, 11) is 0. The van der Waals surface area contributed by atoms with Gasteiger partial charge in [-0.2, -0.15) is 0 Å². The molecular formula is C12H24N2. The normalized spacial score (nSPS) is 8.29. The lowest BCUT2D eigenvalue weighted by atomic mass is 10.1. The standard InChI is InChI=1S/C8H12N2.2C2H6/c1-6(2)8-5-9-4-7(3)10-8;2*1-2/h4-6H,1-3H3;2*1-2H3. The molecule has 2 heteroatoms.